The molecule has 4 N–H and O–H groups in total. The fraction of sp³-hybridized carbons (Fsp3) is 0.706. The molecule has 0 bridgehead atoms. The molecule has 1 aliphatic rings. The summed E-state index contributed by atoms with van der Waals surface area (Å²) in [4.78, 5) is 20.4. The second-order valence-electron chi connectivity index (χ2n) is 7.53. The Morgan fingerprint density at radius 1 is 1.39 bits per heavy atom. The van der Waals surface area contributed by atoms with Crippen molar-refractivity contribution in [3.05, 3.63) is 17.6 Å². The molecule has 1 saturated carbocycles. The minimum absolute atomic E-state index is 0.223. The average molecular weight is 320 g/mol. The number of aliphatic hydroxyl groups excluding tert-OH is 1. The largest absolute Gasteiger partial charge is 0.393 e. The second-order valence-corrected chi connectivity index (χ2v) is 7.53. The first-order valence-corrected chi connectivity index (χ1v) is 8.36. The van der Waals surface area contributed by atoms with Crippen LogP contribution in [0.1, 0.15) is 69.1 Å². The first-order chi connectivity index (χ1) is 10.7. The lowest BCUT2D eigenvalue weighted by Crippen LogP contribution is -2.29. The van der Waals surface area contributed by atoms with Gasteiger partial charge in [-0.15, -0.1) is 0 Å². The number of rotatable bonds is 4. The molecule has 128 valence electrons. The zero-order valence-electron chi connectivity index (χ0n) is 14.3. The molecule has 1 unspecified atom stereocenters. The predicted molar refractivity (Wildman–Crippen MR) is 90.2 cm³/mol. The standard InChI is InChI=1S/C17H28N4O2/c1-17(2,3)21-16-13(15(18)23)10-19-14(20-16)9-11-6-4-5-7-12(22)8-11/h10-12,22H,4-9H2,1-3H3,(H2,18,23)(H,19,20,21)/t11-,12?/m0/s1. The molecule has 1 aromatic heterocycles. The Balaban J connectivity index is 2.19. The summed E-state index contributed by atoms with van der Waals surface area (Å²) >= 11 is 0. The number of carbonyl (C=O) groups excluding carboxylic acids is 1. The number of aromatic nitrogens is 2. The van der Waals surface area contributed by atoms with Crippen LogP contribution in [-0.4, -0.2) is 32.6 Å². The van der Waals surface area contributed by atoms with Gasteiger partial charge in [0, 0.05) is 18.2 Å². The second kappa shape index (κ2) is 7.25. The lowest BCUT2D eigenvalue weighted by molar-refractivity contribution is 0.100. The third-order valence-corrected chi connectivity index (χ3v) is 4.07. The maximum atomic E-state index is 11.6. The molecule has 1 aliphatic carbocycles. The van der Waals surface area contributed by atoms with E-state index in [-0.39, 0.29) is 11.6 Å². The number of aliphatic hydroxyl groups is 1. The van der Waals surface area contributed by atoms with Gasteiger partial charge >= 0.3 is 0 Å². The monoisotopic (exact) mass is 320 g/mol. The molecule has 0 aromatic carbocycles. The van der Waals surface area contributed by atoms with Crippen LogP contribution in [-0.2, 0) is 6.42 Å². The van der Waals surface area contributed by atoms with Gasteiger partial charge in [-0.05, 0) is 46.0 Å². The van der Waals surface area contributed by atoms with Gasteiger partial charge in [0.05, 0.1) is 11.7 Å². The van der Waals surface area contributed by atoms with Crippen LogP contribution >= 0.6 is 0 Å². The molecular formula is C17H28N4O2. The van der Waals surface area contributed by atoms with E-state index in [1.54, 1.807) is 0 Å². The van der Waals surface area contributed by atoms with Crippen molar-refractivity contribution in [2.45, 2.75) is 70.9 Å². The van der Waals surface area contributed by atoms with Crippen molar-refractivity contribution >= 4 is 11.7 Å². The van der Waals surface area contributed by atoms with E-state index in [1.165, 1.54) is 6.20 Å². The smallest absolute Gasteiger partial charge is 0.254 e. The maximum absolute atomic E-state index is 11.6. The number of nitrogens with zero attached hydrogens (tertiary/aromatic N) is 2. The molecule has 2 atom stereocenters. The Hall–Kier alpha value is -1.69. The highest BCUT2D eigenvalue weighted by molar-refractivity contribution is 5.97. The zero-order chi connectivity index (χ0) is 17.0. The quantitative estimate of drug-likeness (QED) is 0.739. The summed E-state index contributed by atoms with van der Waals surface area (Å²) in [6.45, 7) is 6.00. The van der Waals surface area contributed by atoms with Crippen LogP contribution in [0.4, 0.5) is 5.82 Å². The summed E-state index contributed by atoms with van der Waals surface area (Å²) in [6, 6.07) is 0. The number of amides is 1. The molecule has 0 saturated heterocycles. The van der Waals surface area contributed by atoms with E-state index in [1.807, 2.05) is 20.8 Å². The van der Waals surface area contributed by atoms with Gasteiger partial charge in [-0.1, -0.05) is 12.8 Å². The molecule has 1 fully saturated rings. The fourth-order valence-corrected chi connectivity index (χ4v) is 3.02. The number of nitrogens with two attached hydrogens (primary N) is 1. The first kappa shape index (κ1) is 17.7. The first-order valence-electron chi connectivity index (χ1n) is 8.36. The average Bonchev–Trinajstić information content (AvgIpc) is 2.61. The van der Waals surface area contributed by atoms with E-state index in [0.717, 1.165) is 38.5 Å². The molecule has 0 aliphatic heterocycles. The van der Waals surface area contributed by atoms with Crippen molar-refractivity contribution in [1.29, 1.82) is 0 Å². The Kier molecular flexibility index (Phi) is 5.57. The highest BCUT2D eigenvalue weighted by Crippen LogP contribution is 2.26. The third kappa shape index (κ3) is 5.46. The molecular weight excluding hydrogens is 292 g/mol. The Labute approximate surface area is 137 Å². The van der Waals surface area contributed by atoms with E-state index in [9.17, 15) is 9.90 Å². The molecule has 0 radical (unpaired) electrons. The van der Waals surface area contributed by atoms with Gasteiger partial charge in [-0.3, -0.25) is 4.79 Å². The topological polar surface area (TPSA) is 101 Å². The van der Waals surface area contributed by atoms with Gasteiger partial charge in [-0.2, -0.15) is 0 Å². The highest BCUT2D eigenvalue weighted by atomic mass is 16.3. The summed E-state index contributed by atoms with van der Waals surface area (Å²) < 4.78 is 0. The van der Waals surface area contributed by atoms with Crippen molar-refractivity contribution in [3.63, 3.8) is 0 Å². The molecule has 23 heavy (non-hydrogen) atoms. The fourth-order valence-electron chi connectivity index (χ4n) is 3.02. The van der Waals surface area contributed by atoms with Crippen LogP contribution in [0.3, 0.4) is 0 Å². The van der Waals surface area contributed by atoms with E-state index in [4.69, 9.17) is 5.73 Å². The lowest BCUT2D eigenvalue weighted by Gasteiger charge is -2.23. The van der Waals surface area contributed by atoms with Crippen molar-refractivity contribution in [2.24, 2.45) is 11.7 Å². The van der Waals surface area contributed by atoms with Gasteiger partial charge in [0.15, 0.2) is 0 Å². The van der Waals surface area contributed by atoms with Crippen molar-refractivity contribution in [3.8, 4) is 0 Å². The molecule has 1 aromatic rings. The van der Waals surface area contributed by atoms with Crippen LogP contribution in [0, 0.1) is 5.92 Å². The molecule has 1 heterocycles. The van der Waals surface area contributed by atoms with E-state index < -0.39 is 5.91 Å². The lowest BCUT2D eigenvalue weighted by atomic mass is 9.95. The van der Waals surface area contributed by atoms with E-state index in [2.05, 4.69) is 15.3 Å². The van der Waals surface area contributed by atoms with Gasteiger partial charge in [0.1, 0.15) is 11.6 Å². The number of hydrogen-bond donors (Lipinski definition) is 3. The number of primary amides is 1. The number of carbonyl (C=O) groups is 1. The van der Waals surface area contributed by atoms with Crippen LogP contribution in [0.15, 0.2) is 6.20 Å². The van der Waals surface area contributed by atoms with Crippen molar-refractivity contribution in [1.82, 2.24) is 9.97 Å². The molecule has 2 rings (SSSR count). The molecule has 0 spiro atoms. The van der Waals surface area contributed by atoms with Gasteiger partial charge in [0.2, 0.25) is 0 Å². The van der Waals surface area contributed by atoms with Crippen molar-refractivity contribution in [2.75, 3.05) is 5.32 Å². The number of anilines is 1. The van der Waals surface area contributed by atoms with Crippen LogP contribution < -0.4 is 11.1 Å². The maximum Gasteiger partial charge on any atom is 0.254 e. The van der Waals surface area contributed by atoms with Crippen LogP contribution in [0.2, 0.25) is 0 Å². The van der Waals surface area contributed by atoms with E-state index in [0.29, 0.717) is 23.1 Å². The summed E-state index contributed by atoms with van der Waals surface area (Å²) in [5, 5.41) is 13.2. The minimum atomic E-state index is -0.534. The summed E-state index contributed by atoms with van der Waals surface area (Å²) in [6.07, 6.45) is 6.97. The van der Waals surface area contributed by atoms with Crippen LogP contribution in [0.5, 0.6) is 0 Å². The summed E-state index contributed by atoms with van der Waals surface area (Å²) in [7, 11) is 0. The van der Waals surface area contributed by atoms with Crippen molar-refractivity contribution < 1.29 is 9.90 Å². The van der Waals surface area contributed by atoms with Gasteiger partial charge in [0.25, 0.3) is 5.91 Å². The summed E-state index contributed by atoms with van der Waals surface area (Å²) in [5.41, 5.74) is 5.50. The Morgan fingerprint density at radius 3 is 2.74 bits per heavy atom. The Bertz CT molecular complexity index is 554. The summed E-state index contributed by atoms with van der Waals surface area (Å²) in [5.74, 6) is 1.03. The van der Waals surface area contributed by atoms with Crippen LogP contribution in [0.25, 0.3) is 0 Å². The molecule has 6 heteroatoms. The SMILES string of the molecule is CC(C)(C)Nc1nc(C[C@H]2CCCCC(O)C2)ncc1C(N)=O. The zero-order valence-corrected chi connectivity index (χ0v) is 14.3. The number of nitrogens with one attached hydrogen (secondary N) is 1. The Morgan fingerprint density at radius 2 is 2.09 bits per heavy atom. The predicted octanol–water partition coefficient (Wildman–Crippen LogP) is 2.27. The normalized spacial score (nSPS) is 22.4. The molecule has 1 amide bonds. The number of hydrogen-bond acceptors (Lipinski definition) is 5. The van der Waals surface area contributed by atoms with Gasteiger partial charge in [-0.25, -0.2) is 9.97 Å². The molecule has 6 nitrogen and oxygen atoms in total. The minimum Gasteiger partial charge on any atom is -0.393 e. The van der Waals surface area contributed by atoms with Gasteiger partial charge < -0.3 is 16.2 Å². The highest BCUT2D eigenvalue weighted by Gasteiger charge is 2.22. The third-order valence-electron chi connectivity index (χ3n) is 4.07. The van der Waals surface area contributed by atoms with E-state index >= 15 is 0 Å².